The van der Waals surface area contributed by atoms with Gasteiger partial charge in [-0.25, -0.2) is 12.7 Å². The van der Waals surface area contributed by atoms with E-state index >= 15 is 0 Å². The van der Waals surface area contributed by atoms with Gasteiger partial charge in [-0.05, 0) is 17.7 Å². The van der Waals surface area contributed by atoms with Gasteiger partial charge in [0, 0.05) is 18.1 Å². The summed E-state index contributed by atoms with van der Waals surface area (Å²) in [5, 5.41) is 0. The Morgan fingerprint density at radius 2 is 1.89 bits per heavy atom. The second kappa shape index (κ2) is 6.31. The number of rotatable bonds is 5. The van der Waals surface area contributed by atoms with Crippen molar-refractivity contribution in [2.45, 2.75) is 6.54 Å². The van der Waals surface area contributed by atoms with Crippen LogP contribution in [-0.4, -0.2) is 38.6 Å². The lowest BCUT2D eigenvalue weighted by molar-refractivity contribution is -0.137. The zero-order valence-electron chi connectivity index (χ0n) is 10.1. The number of hydrogen-bond donors (Lipinski definition) is 0. The van der Waals surface area contributed by atoms with E-state index in [9.17, 15) is 13.2 Å². The van der Waals surface area contributed by atoms with Crippen molar-refractivity contribution in [3.8, 4) is 0 Å². The summed E-state index contributed by atoms with van der Waals surface area (Å²) >= 11 is 3.30. The molecule has 7 heteroatoms. The summed E-state index contributed by atoms with van der Waals surface area (Å²) in [6, 6.07) is 7.29. The van der Waals surface area contributed by atoms with Crippen LogP contribution in [0.2, 0.25) is 0 Å². The number of nitrogens with zero attached hydrogens (tertiary/aromatic N) is 1. The molecule has 0 bridgehead atoms. The normalized spacial score (nSPS) is 11.6. The molecule has 5 nitrogen and oxygen atoms in total. The molecule has 0 saturated heterocycles. The van der Waals surface area contributed by atoms with Crippen molar-refractivity contribution in [2.24, 2.45) is 0 Å². The van der Waals surface area contributed by atoms with Crippen LogP contribution in [-0.2, 0) is 26.1 Å². The number of hydrogen-bond acceptors (Lipinski definition) is 4. The monoisotopic (exact) mass is 335 g/mol. The molecule has 0 atom stereocenters. The molecule has 1 aromatic carbocycles. The van der Waals surface area contributed by atoms with Crippen LogP contribution >= 0.6 is 15.9 Å². The van der Waals surface area contributed by atoms with Gasteiger partial charge in [0.2, 0.25) is 10.0 Å². The first-order chi connectivity index (χ1) is 8.35. The number of methoxy groups -OCH3 is 1. The molecule has 0 aliphatic carbocycles. The molecule has 0 amide bonds. The fourth-order valence-electron chi connectivity index (χ4n) is 1.26. The van der Waals surface area contributed by atoms with E-state index in [2.05, 4.69) is 20.7 Å². The molecule has 100 valence electrons. The second-order valence-corrected chi connectivity index (χ2v) is 6.71. The number of esters is 1. The van der Waals surface area contributed by atoms with Crippen molar-refractivity contribution in [1.29, 1.82) is 0 Å². The molecule has 0 aliphatic heterocycles. The van der Waals surface area contributed by atoms with Crippen LogP contribution in [0.4, 0.5) is 0 Å². The smallest absolute Gasteiger partial charge is 0.322 e. The summed E-state index contributed by atoms with van der Waals surface area (Å²) in [5.41, 5.74) is 0.842. The van der Waals surface area contributed by atoms with Crippen LogP contribution in [0, 0.1) is 0 Å². The van der Waals surface area contributed by atoms with E-state index in [0.717, 1.165) is 21.5 Å². The summed E-state index contributed by atoms with van der Waals surface area (Å²) in [6.07, 6.45) is 0. The maximum Gasteiger partial charge on any atom is 0.322 e. The molecule has 0 spiro atoms. The van der Waals surface area contributed by atoms with Gasteiger partial charge in [0.05, 0.1) is 7.11 Å². The first kappa shape index (κ1) is 15.1. The zero-order valence-corrected chi connectivity index (χ0v) is 12.5. The second-order valence-electron chi connectivity index (χ2n) is 3.71. The van der Waals surface area contributed by atoms with Gasteiger partial charge in [-0.1, -0.05) is 28.1 Å². The summed E-state index contributed by atoms with van der Waals surface area (Å²) in [4.78, 5) is 11.0. The number of carbonyl (C=O) groups is 1. The fraction of sp³-hybridized carbons (Fsp3) is 0.364. The van der Waals surface area contributed by atoms with Gasteiger partial charge in [0.1, 0.15) is 0 Å². The standard InChI is InChI=1S/C11H14BrNO4S/c1-13(18(15,16)8-11(14)17-2)7-9-3-5-10(12)6-4-9/h3-6H,7-8H2,1-2H3. The minimum Gasteiger partial charge on any atom is -0.468 e. The largest absolute Gasteiger partial charge is 0.468 e. The van der Waals surface area contributed by atoms with Crippen molar-refractivity contribution in [1.82, 2.24) is 4.31 Å². The average molecular weight is 336 g/mol. The molecule has 1 rings (SSSR count). The lowest BCUT2D eigenvalue weighted by Crippen LogP contribution is -2.32. The van der Waals surface area contributed by atoms with E-state index in [4.69, 9.17) is 0 Å². The van der Waals surface area contributed by atoms with Gasteiger partial charge in [-0.2, -0.15) is 0 Å². The quantitative estimate of drug-likeness (QED) is 0.762. The van der Waals surface area contributed by atoms with Crippen molar-refractivity contribution < 1.29 is 17.9 Å². The molecule has 0 fully saturated rings. The molecule has 0 radical (unpaired) electrons. The van der Waals surface area contributed by atoms with Crippen molar-refractivity contribution in [3.05, 3.63) is 34.3 Å². The van der Waals surface area contributed by atoms with Crippen molar-refractivity contribution >= 4 is 31.9 Å². The van der Waals surface area contributed by atoms with Gasteiger partial charge < -0.3 is 4.74 Å². The number of halogens is 1. The molecule has 0 saturated carbocycles. The van der Waals surface area contributed by atoms with Crippen LogP contribution in [0.1, 0.15) is 5.56 Å². The number of carbonyl (C=O) groups excluding carboxylic acids is 1. The molecule has 0 aromatic heterocycles. The summed E-state index contributed by atoms with van der Waals surface area (Å²) in [6.45, 7) is 0.215. The van der Waals surface area contributed by atoms with Gasteiger partial charge in [-0.3, -0.25) is 4.79 Å². The molecule has 18 heavy (non-hydrogen) atoms. The zero-order chi connectivity index (χ0) is 13.8. The molecule has 0 unspecified atom stereocenters. The number of benzene rings is 1. The summed E-state index contributed by atoms with van der Waals surface area (Å²) < 4.78 is 30.0. The van der Waals surface area contributed by atoms with Gasteiger partial charge in [-0.15, -0.1) is 0 Å². The Labute approximate surface area is 115 Å². The number of sulfonamides is 1. The Morgan fingerprint density at radius 3 is 2.39 bits per heavy atom. The highest BCUT2D eigenvalue weighted by Gasteiger charge is 2.22. The molecule has 0 aliphatic rings. The molecular formula is C11H14BrNO4S. The molecule has 1 aromatic rings. The number of ether oxygens (including phenoxy) is 1. The predicted molar refractivity (Wildman–Crippen MR) is 71.4 cm³/mol. The Kier molecular flexibility index (Phi) is 5.30. The van der Waals surface area contributed by atoms with E-state index in [1.165, 1.54) is 7.05 Å². The maximum atomic E-state index is 11.8. The maximum absolute atomic E-state index is 11.8. The Balaban J connectivity index is 2.72. The molecule has 0 heterocycles. The van der Waals surface area contributed by atoms with E-state index < -0.39 is 21.7 Å². The Bertz CT molecular complexity index is 512. The Hall–Kier alpha value is -0.920. The van der Waals surface area contributed by atoms with Gasteiger partial charge in [0.25, 0.3) is 0 Å². The van der Waals surface area contributed by atoms with Crippen LogP contribution in [0.15, 0.2) is 28.7 Å². The fourth-order valence-corrected chi connectivity index (χ4v) is 2.51. The third kappa shape index (κ3) is 4.40. The first-order valence-electron chi connectivity index (χ1n) is 5.10. The topological polar surface area (TPSA) is 63.7 Å². The first-order valence-corrected chi connectivity index (χ1v) is 7.50. The Morgan fingerprint density at radius 1 is 1.33 bits per heavy atom. The highest BCUT2D eigenvalue weighted by Crippen LogP contribution is 2.13. The minimum atomic E-state index is -3.63. The average Bonchev–Trinajstić information content (AvgIpc) is 2.31. The van der Waals surface area contributed by atoms with Crippen molar-refractivity contribution in [2.75, 3.05) is 19.9 Å². The predicted octanol–water partition coefficient (Wildman–Crippen LogP) is 1.38. The summed E-state index contributed by atoms with van der Waals surface area (Å²) in [5.74, 6) is -1.41. The highest BCUT2D eigenvalue weighted by atomic mass is 79.9. The van der Waals surface area contributed by atoms with Crippen LogP contribution in [0.5, 0.6) is 0 Å². The lowest BCUT2D eigenvalue weighted by atomic mass is 10.2. The van der Waals surface area contributed by atoms with Crippen LogP contribution < -0.4 is 0 Å². The third-order valence-corrected chi connectivity index (χ3v) is 4.53. The lowest BCUT2D eigenvalue weighted by Gasteiger charge is -2.16. The van der Waals surface area contributed by atoms with Gasteiger partial charge in [0.15, 0.2) is 5.75 Å². The van der Waals surface area contributed by atoms with E-state index in [-0.39, 0.29) is 6.54 Å². The SMILES string of the molecule is COC(=O)CS(=O)(=O)N(C)Cc1ccc(Br)cc1. The van der Waals surface area contributed by atoms with Crippen molar-refractivity contribution in [3.63, 3.8) is 0 Å². The van der Waals surface area contributed by atoms with Gasteiger partial charge >= 0.3 is 5.97 Å². The van der Waals surface area contributed by atoms with E-state index in [1.807, 2.05) is 24.3 Å². The summed E-state index contributed by atoms with van der Waals surface area (Å²) in [7, 11) is -1.04. The minimum absolute atomic E-state index is 0.215. The van der Waals surface area contributed by atoms with Crippen LogP contribution in [0.25, 0.3) is 0 Å². The molecule has 0 N–H and O–H groups in total. The van der Waals surface area contributed by atoms with E-state index in [0.29, 0.717) is 0 Å². The van der Waals surface area contributed by atoms with Crippen LogP contribution in [0.3, 0.4) is 0 Å². The third-order valence-electron chi connectivity index (χ3n) is 2.32. The molecular weight excluding hydrogens is 322 g/mol. The highest BCUT2D eigenvalue weighted by molar-refractivity contribution is 9.10. The van der Waals surface area contributed by atoms with E-state index in [1.54, 1.807) is 0 Å².